The van der Waals surface area contributed by atoms with Crippen LogP contribution in [-0.2, 0) is 16.8 Å². The summed E-state index contributed by atoms with van der Waals surface area (Å²) in [4.78, 5) is 18.4. The molecule has 1 saturated heterocycles. The lowest BCUT2D eigenvalue weighted by Crippen LogP contribution is -2.46. The summed E-state index contributed by atoms with van der Waals surface area (Å²) in [7, 11) is 0. The van der Waals surface area contributed by atoms with E-state index in [0.29, 0.717) is 25.3 Å². The number of amides is 1. The van der Waals surface area contributed by atoms with Crippen LogP contribution in [-0.4, -0.2) is 27.5 Å². The highest BCUT2D eigenvalue weighted by atomic mass is 16.5. The molecule has 4 rings (SSSR count). The second-order valence-corrected chi connectivity index (χ2v) is 7.10. The molecule has 0 N–H and O–H groups in total. The molecule has 0 spiro atoms. The van der Waals surface area contributed by atoms with Gasteiger partial charge in [0.15, 0.2) is 5.76 Å². The van der Waals surface area contributed by atoms with Crippen LogP contribution in [0, 0.1) is 0 Å². The van der Waals surface area contributed by atoms with Crippen LogP contribution < -0.4 is 0 Å². The van der Waals surface area contributed by atoms with E-state index >= 15 is 0 Å². The van der Waals surface area contributed by atoms with Crippen LogP contribution in [0.1, 0.15) is 31.1 Å². The van der Waals surface area contributed by atoms with Gasteiger partial charge in [0, 0.05) is 42.4 Å². The molecule has 3 aromatic rings. The maximum absolute atomic E-state index is 12.4. The van der Waals surface area contributed by atoms with E-state index in [-0.39, 0.29) is 11.3 Å². The maximum atomic E-state index is 12.4. The van der Waals surface area contributed by atoms with Gasteiger partial charge in [0.1, 0.15) is 5.69 Å². The van der Waals surface area contributed by atoms with Gasteiger partial charge in [0.05, 0.1) is 6.54 Å². The van der Waals surface area contributed by atoms with E-state index in [0.717, 1.165) is 17.7 Å². The largest absolute Gasteiger partial charge is 0.359 e. The third-order valence-corrected chi connectivity index (χ3v) is 5.12. The first-order chi connectivity index (χ1) is 12.6. The van der Waals surface area contributed by atoms with Crippen LogP contribution in [0.5, 0.6) is 0 Å². The van der Waals surface area contributed by atoms with Crippen molar-refractivity contribution in [1.29, 1.82) is 0 Å². The van der Waals surface area contributed by atoms with E-state index in [4.69, 9.17) is 4.52 Å². The first-order valence-corrected chi connectivity index (χ1v) is 8.83. The summed E-state index contributed by atoms with van der Waals surface area (Å²) in [6.07, 6.45) is 4.89. The first kappa shape index (κ1) is 16.5. The molecule has 5 heteroatoms. The van der Waals surface area contributed by atoms with E-state index in [1.165, 1.54) is 5.56 Å². The van der Waals surface area contributed by atoms with Crippen molar-refractivity contribution in [1.82, 2.24) is 15.0 Å². The van der Waals surface area contributed by atoms with Crippen LogP contribution >= 0.6 is 0 Å². The van der Waals surface area contributed by atoms with Crippen molar-refractivity contribution in [2.45, 2.75) is 31.7 Å². The molecule has 0 bridgehead atoms. The first-order valence-electron chi connectivity index (χ1n) is 8.83. The number of carbonyl (C=O) groups is 1. The van der Waals surface area contributed by atoms with Crippen molar-refractivity contribution >= 4 is 5.91 Å². The molecule has 1 fully saturated rings. The fourth-order valence-electron chi connectivity index (χ4n) is 3.58. The van der Waals surface area contributed by atoms with Crippen molar-refractivity contribution in [3.8, 4) is 11.3 Å². The topological polar surface area (TPSA) is 59.2 Å². The Labute approximate surface area is 152 Å². The summed E-state index contributed by atoms with van der Waals surface area (Å²) in [5.41, 5.74) is 2.87. The summed E-state index contributed by atoms with van der Waals surface area (Å²) < 4.78 is 5.47. The number of benzene rings is 1. The lowest BCUT2D eigenvalue weighted by Gasteiger charge is -2.40. The van der Waals surface area contributed by atoms with Crippen LogP contribution in [0.4, 0.5) is 0 Å². The quantitative estimate of drug-likeness (QED) is 0.720. The van der Waals surface area contributed by atoms with Gasteiger partial charge in [-0.3, -0.25) is 9.78 Å². The van der Waals surface area contributed by atoms with E-state index < -0.39 is 0 Å². The molecule has 0 saturated carbocycles. The molecular formula is C21H21N3O2. The number of likely N-dealkylation sites (tertiary alicyclic amines) is 1. The SMILES string of the molecule is C[C@@]1(c2ccccc2)CCC(=O)N(Cc2cc(-c3cccnc3)no2)C1. The van der Waals surface area contributed by atoms with Gasteiger partial charge in [-0.15, -0.1) is 0 Å². The Morgan fingerprint density at radius 3 is 2.81 bits per heavy atom. The maximum Gasteiger partial charge on any atom is 0.223 e. The van der Waals surface area contributed by atoms with E-state index in [1.807, 2.05) is 29.2 Å². The van der Waals surface area contributed by atoms with E-state index in [9.17, 15) is 4.79 Å². The number of piperidine rings is 1. The van der Waals surface area contributed by atoms with Gasteiger partial charge in [-0.05, 0) is 24.1 Å². The smallest absolute Gasteiger partial charge is 0.223 e. The molecule has 1 aliphatic heterocycles. The number of pyridine rings is 1. The van der Waals surface area contributed by atoms with Gasteiger partial charge < -0.3 is 9.42 Å². The second kappa shape index (κ2) is 6.75. The van der Waals surface area contributed by atoms with Gasteiger partial charge in [0.25, 0.3) is 0 Å². The predicted octanol–water partition coefficient (Wildman–Crippen LogP) is 3.82. The Balaban J connectivity index is 1.52. The average molecular weight is 347 g/mol. The Morgan fingerprint density at radius 2 is 2.04 bits per heavy atom. The third kappa shape index (κ3) is 3.25. The Kier molecular flexibility index (Phi) is 4.29. The lowest BCUT2D eigenvalue weighted by molar-refractivity contribution is -0.136. The summed E-state index contributed by atoms with van der Waals surface area (Å²) in [6, 6.07) is 16.1. The molecule has 132 valence electrons. The van der Waals surface area contributed by atoms with Gasteiger partial charge in [0.2, 0.25) is 5.91 Å². The molecule has 3 heterocycles. The van der Waals surface area contributed by atoms with Crippen LogP contribution in [0.25, 0.3) is 11.3 Å². The fraction of sp³-hybridized carbons (Fsp3) is 0.286. The highest BCUT2D eigenvalue weighted by Crippen LogP contribution is 2.34. The van der Waals surface area contributed by atoms with Crippen molar-refractivity contribution in [3.05, 3.63) is 72.2 Å². The van der Waals surface area contributed by atoms with Gasteiger partial charge in [-0.2, -0.15) is 0 Å². The minimum Gasteiger partial charge on any atom is -0.359 e. The molecule has 0 radical (unpaired) electrons. The number of hydrogen-bond donors (Lipinski definition) is 0. The molecule has 26 heavy (non-hydrogen) atoms. The van der Waals surface area contributed by atoms with Crippen LogP contribution in [0.3, 0.4) is 0 Å². The van der Waals surface area contributed by atoms with E-state index in [2.05, 4.69) is 41.3 Å². The molecule has 0 unspecified atom stereocenters. The minimum absolute atomic E-state index is 0.0403. The summed E-state index contributed by atoms with van der Waals surface area (Å²) in [5, 5.41) is 4.12. The van der Waals surface area contributed by atoms with Gasteiger partial charge >= 0.3 is 0 Å². The number of hydrogen-bond acceptors (Lipinski definition) is 4. The normalized spacial score (nSPS) is 20.3. The van der Waals surface area contributed by atoms with Crippen LogP contribution in [0.2, 0.25) is 0 Å². The second-order valence-electron chi connectivity index (χ2n) is 7.10. The molecule has 1 amide bonds. The number of carbonyl (C=O) groups excluding carboxylic acids is 1. The lowest BCUT2D eigenvalue weighted by atomic mass is 9.75. The molecule has 2 aromatic heterocycles. The zero-order valence-electron chi connectivity index (χ0n) is 14.8. The molecule has 1 atom stereocenters. The Morgan fingerprint density at radius 1 is 1.19 bits per heavy atom. The molecule has 1 aromatic carbocycles. The summed E-state index contributed by atoms with van der Waals surface area (Å²) >= 11 is 0. The number of aromatic nitrogens is 2. The fourth-order valence-corrected chi connectivity index (χ4v) is 3.58. The third-order valence-electron chi connectivity index (χ3n) is 5.12. The van der Waals surface area contributed by atoms with E-state index in [1.54, 1.807) is 12.4 Å². The Hall–Kier alpha value is -2.95. The van der Waals surface area contributed by atoms with Crippen molar-refractivity contribution in [2.24, 2.45) is 0 Å². The summed E-state index contributed by atoms with van der Waals surface area (Å²) in [5.74, 6) is 0.854. The minimum atomic E-state index is -0.0403. The molecular weight excluding hydrogens is 326 g/mol. The highest BCUT2D eigenvalue weighted by Gasteiger charge is 2.36. The highest BCUT2D eigenvalue weighted by molar-refractivity contribution is 5.77. The van der Waals surface area contributed by atoms with Crippen molar-refractivity contribution < 1.29 is 9.32 Å². The van der Waals surface area contributed by atoms with Gasteiger partial charge in [-0.25, -0.2) is 0 Å². The standard InChI is InChI=1S/C21H21N3O2/c1-21(17-7-3-2-4-8-17)10-9-20(25)24(15-21)14-18-12-19(23-26-18)16-6-5-11-22-13-16/h2-8,11-13H,9-10,14-15H2,1H3/t21-/m1/s1. The van der Waals surface area contributed by atoms with Gasteiger partial charge in [-0.1, -0.05) is 42.4 Å². The van der Waals surface area contributed by atoms with Crippen LogP contribution in [0.15, 0.2) is 65.4 Å². The van der Waals surface area contributed by atoms with Crippen molar-refractivity contribution in [2.75, 3.05) is 6.54 Å². The number of rotatable bonds is 4. The summed E-state index contributed by atoms with van der Waals surface area (Å²) in [6.45, 7) is 3.34. The molecule has 5 nitrogen and oxygen atoms in total. The Bertz CT molecular complexity index is 892. The average Bonchev–Trinajstić information content (AvgIpc) is 3.15. The molecule has 1 aliphatic rings. The zero-order valence-corrected chi connectivity index (χ0v) is 14.8. The van der Waals surface area contributed by atoms with Crippen molar-refractivity contribution in [3.63, 3.8) is 0 Å². The monoisotopic (exact) mass is 347 g/mol. The predicted molar refractivity (Wildman–Crippen MR) is 98.2 cm³/mol. The molecule has 0 aliphatic carbocycles. The number of nitrogens with zero attached hydrogens (tertiary/aromatic N) is 3. The zero-order chi connectivity index (χ0) is 18.0.